The fourth-order valence-corrected chi connectivity index (χ4v) is 6.97. The number of hydrogen-bond acceptors (Lipinski definition) is 9. The standard InChI is InChI=1S/C42H40F3N7O5.2C2H6/c1-55-33-16-15-29(35(23-33)56-2)24-48-39-37-34(18-20-47-39)52(32-10-6-9-31(22-32)49-41(54)57-25-26-7-4-3-5-8-26)51-38(37)27-11-13-28(14-12-27)40(53)50-36-21-30(17-19-46-36)42(43,44)45;2*1-2/h3-5,7-8,11-21,23,31-32H,6,9-10,22,24-25H2,1-2H3,(H,47,48)(H,49,54)(H,46,50,53);2*1-2H3. The number of fused-ring (bicyclic) bond motifs is 1. The predicted molar refractivity (Wildman–Crippen MR) is 231 cm³/mol. The van der Waals surface area contributed by atoms with E-state index < -0.39 is 23.7 Å². The minimum absolute atomic E-state index is 0.0728. The maximum atomic E-state index is 13.3. The van der Waals surface area contributed by atoms with Gasteiger partial charge in [0, 0.05) is 47.7 Å². The lowest BCUT2D eigenvalue weighted by Crippen LogP contribution is -2.39. The molecule has 322 valence electrons. The van der Waals surface area contributed by atoms with Gasteiger partial charge in [-0.05, 0) is 73.7 Å². The molecule has 0 bridgehead atoms. The lowest BCUT2D eigenvalue weighted by atomic mass is 9.91. The number of nitrogens with zero attached hydrogens (tertiary/aromatic N) is 4. The van der Waals surface area contributed by atoms with Crippen molar-refractivity contribution in [3.8, 4) is 22.8 Å². The SMILES string of the molecule is CC.CC.COc1ccc(CNc2nccc3c2c(-c2ccc(C(=O)Nc4cc(C(F)(F)F)ccn4)cc2)nn3C2CCCC(NC(=O)OCc3ccccc3)C2)c(OC)c1. The zero-order valence-corrected chi connectivity index (χ0v) is 35.2. The third kappa shape index (κ3) is 11.6. The maximum absolute atomic E-state index is 13.3. The highest BCUT2D eigenvalue weighted by Crippen LogP contribution is 2.38. The fourth-order valence-electron chi connectivity index (χ4n) is 6.97. The third-order valence-corrected chi connectivity index (χ3v) is 9.84. The average molecular weight is 840 g/mol. The van der Waals surface area contributed by atoms with Crippen molar-refractivity contribution in [3.05, 3.63) is 126 Å². The smallest absolute Gasteiger partial charge is 0.416 e. The maximum Gasteiger partial charge on any atom is 0.416 e. The second kappa shape index (κ2) is 21.6. The Bertz CT molecular complexity index is 2350. The molecule has 2 atom stereocenters. The van der Waals surface area contributed by atoms with Crippen LogP contribution in [0.3, 0.4) is 0 Å². The molecule has 3 aromatic carbocycles. The van der Waals surface area contributed by atoms with Crippen molar-refractivity contribution in [2.24, 2.45) is 0 Å². The normalized spacial score (nSPS) is 14.6. The van der Waals surface area contributed by atoms with E-state index in [0.29, 0.717) is 41.5 Å². The number of alkyl carbamates (subject to hydrolysis) is 1. The van der Waals surface area contributed by atoms with Crippen LogP contribution in [0.2, 0.25) is 0 Å². The first-order valence-electron chi connectivity index (χ1n) is 20.3. The van der Waals surface area contributed by atoms with Crippen LogP contribution >= 0.6 is 0 Å². The first-order chi connectivity index (χ1) is 29.6. The second-order valence-electron chi connectivity index (χ2n) is 13.6. The molecule has 3 heterocycles. The molecule has 0 aliphatic heterocycles. The van der Waals surface area contributed by atoms with Crippen LogP contribution in [0.15, 0.2) is 103 Å². The summed E-state index contributed by atoms with van der Waals surface area (Å²) < 4.78 is 58.2. The van der Waals surface area contributed by atoms with Crippen LogP contribution in [0.1, 0.15) is 86.5 Å². The number of ether oxygens (including phenoxy) is 3. The molecule has 6 aromatic rings. The number of aromatic nitrogens is 4. The molecule has 0 saturated heterocycles. The van der Waals surface area contributed by atoms with Crippen molar-refractivity contribution in [1.29, 1.82) is 0 Å². The molecule has 1 saturated carbocycles. The van der Waals surface area contributed by atoms with E-state index in [1.54, 1.807) is 50.7 Å². The van der Waals surface area contributed by atoms with E-state index in [1.807, 2.05) is 80.9 Å². The summed E-state index contributed by atoms with van der Waals surface area (Å²) in [5.41, 5.74) is 3.17. The summed E-state index contributed by atoms with van der Waals surface area (Å²) in [6, 6.07) is 25.0. The van der Waals surface area contributed by atoms with Gasteiger partial charge in [-0.3, -0.25) is 9.48 Å². The number of benzene rings is 3. The molecule has 61 heavy (non-hydrogen) atoms. The van der Waals surface area contributed by atoms with Gasteiger partial charge >= 0.3 is 12.3 Å². The third-order valence-electron chi connectivity index (χ3n) is 9.84. The highest BCUT2D eigenvalue weighted by molar-refractivity contribution is 6.05. The molecule has 0 spiro atoms. The predicted octanol–water partition coefficient (Wildman–Crippen LogP) is 10.9. The highest BCUT2D eigenvalue weighted by atomic mass is 19.4. The van der Waals surface area contributed by atoms with Crippen molar-refractivity contribution in [1.82, 2.24) is 25.1 Å². The van der Waals surface area contributed by atoms with E-state index in [1.165, 1.54) is 0 Å². The molecule has 0 radical (unpaired) electrons. The van der Waals surface area contributed by atoms with Gasteiger partial charge in [-0.15, -0.1) is 0 Å². The summed E-state index contributed by atoms with van der Waals surface area (Å²) >= 11 is 0. The van der Waals surface area contributed by atoms with Gasteiger partial charge in [0.15, 0.2) is 0 Å². The minimum Gasteiger partial charge on any atom is -0.497 e. The first kappa shape index (κ1) is 45.4. The number of hydrogen-bond donors (Lipinski definition) is 3. The van der Waals surface area contributed by atoms with Gasteiger partial charge in [-0.1, -0.05) is 70.2 Å². The van der Waals surface area contributed by atoms with Gasteiger partial charge in [-0.25, -0.2) is 14.8 Å². The molecule has 3 N–H and O–H groups in total. The number of halogens is 3. The highest BCUT2D eigenvalue weighted by Gasteiger charge is 2.31. The van der Waals surface area contributed by atoms with E-state index in [0.717, 1.165) is 59.6 Å². The van der Waals surface area contributed by atoms with Crippen molar-refractivity contribution in [3.63, 3.8) is 0 Å². The zero-order chi connectivity index (χ0) is 43.9. The number of carbonyl (C=O) groups excluding carboxylic acids is 2. The van der Waals surface area contributed by atoms with Gasteiger partial charge in [0.05, 0.1) is 36.7 Å². The summed E-state index contributed by atoms with van der Waals surface area (Å²) in [6.07, 6.45) is 0.736. The Morgan fingerprint density at radius 1 is 0.852 bits per heavy atom. The summed E-state index contributed by atoms with van der Waals surface area (Å²) in [7, 11) is 3.18. The molecule has 12 nitrogen and oxygen atoms in total. The molecule has 15 heteroatoms. The van der Waals surface area contributed by atoms with Crippen LogP contribution in [0.25, 0.3) is 22.2 Å². The van der Waals surface area contributed by atoms with E-state index in [2.05, 4.69) is 20.9 Å². The Morgan fingerprint density at radius 2 is 1.59 bits per heavy atom. The molecular formula is C46H52F3N7O5. The lowest BCUT2D eigenvalue weighted by Gasteiger charge is -2.30. The van der Waals surface area contributed by atoms with Gasteiger partial charge in [-0.2, -0.15) is 18.3 Å². The van der Waals surface area contributed by atoms with Gasteiger partial charge < -0.3 is 30.2 Å². The van der Waals surface area contributed by atoms with Crippen LogP contribution in [0.5, 0.6) is 11.5 Å². The number of anilines is 2. The lowest BCUT2D eigenvalue weighted by molar-refractivity contribution is -0.137. The van der Waals surface area contributed by atoms with E-state index in [9.17, 15) is 22.8 Å². The summed E-state index contributed by atoms with van der Waals surface area (Å²) in [6.45, 7) is 8.54. The van der Waals surface area contributed by atoms with Crippen molar-refractivity contribution in [2.45, 2.75) is 84.8 Å². The van der Waals surface area contributed by atoms with Gasteiger partial charge in [0.1, 0.15) is 35.4 Å². The number of pyridine rings is 2. The Hall–Kier alpha value is -6.64. The largest absolute Gasteiger partial charge is 0.497 e. The summed E-state index contributed by atoms with van der Waals surface area (Å²) in [5.74, 6) is 1.03. The van der Waals surface area contributed by atoms with E-state index in [-0.39, 0.29) is 30.1 Å². The quantitative estimate of drug-likeness (QED) is 0.110. The van der Waals surface area contributed by atoms with Crippen LogP contribution in [-0.2, 0) is 24.1 Å². The molecular weight excluding hydrogens is 788 g/mol. The fraction of sp³-hybridized carbons (Fsp3) is 0.326. The summed E-state index contributed by atoms with van der Waals surface area (Å²) in [5, 5.41) is 14.9. The van der Waals surface area contributed by atoms with Crippen LogP contribution in [0.4, 0.5) is 29.6 Å². The average Bonchev–Trinajstić information content (AvgIpc) is 3.70. The van der Waals surface area contributed by atoms with Crippen LogP contribution < -0.4 is 25.4 Å². The first-order valence-corrected chi connectivity index (χ1v) is 20.3. The van der Waals surface area contributed by atoms with Crippen LogP contribution in [0, 0.1) is 0 Å². The number of methoxy groups -OCH3 is 2. The van der Waals surface area contributed by atoms with E-state index in [4.69, 9.17) is 24.3 Å². The Kier molecular flexibility index (Phi) is 16.1. The Balaban J connectivity index is 0.00000171. The molecule has 1 aliphatic rings. The second-order valence-corrected chi connectivity index (χ2v) is 13.6. The zero-order valence-electron chi connectivity index (χ0n) is 35.2. The van der Waals surface area contributed by atoms with Crippen molar-refractivity contribution < 1.29 is 37.0 Å². The Morgan fingerprint density at radius 3 is 2.30 bits per heavy atom. The van der Waals surface area contributed by atoms with Gasteiger partial charge in [0.25, 0.3) is 5.91 Å². The molecule has 2 unspecified atom stereocenters. The number of nitrogens with one attached hydrogen (secondary N) is 3. The van der Waals surface area contributed by atoms with E-state index >= 15 is 0 Å². The monoisotopic (exact) mass is 839 g/mol. The number of amides is 2. The minimum atomic E-state index is -4.58. The van der Waals surface area contributed by atoms with Crippen molar-refractivity contribution >= 4 is 34.5 Å². The number of rotatable bonds is 12. The molecule has 1 fully saturated rings. The number of carbonyl (C=O) groups is 2. The topological polar surface area (TPSA) is 142 Å². The Labute approximate surface area is 353 Å². The molecule has 7 rings (SSSR count). The molecule has 2 amide bonds. The van der Waals surface area contributed by atoms with Crippen molar-refractivity contribution in [2.75, 3.05) is 24.9 Å². The molecule has 3 aromatic heterocycles. The number of alkyl halides is 3. The van der Waals surface area contributed by atoms with Gasteiger partial charge in [0.2, 0.25) is 0 Å². The molecule has 1 aliphatic carbocycles. The summed E-state index contributed by atoms with van der Waals surface area (Å²) in [4.78, 5) is 34.5. The van der Waals surface area contributed by atoms with Crippen LogP contribution in [-0.4, -0.2) is 52.0 Å².